The van der Waals surface area contributed by atoms with Crippen molar-refractivity contribution in [2.24, 2.45) is 0 Å². The van der Waals surface area contributed by atoms with Crippen molar-refractivity contribution in [2.75, 3.05) is 43.8 Å². The summed E-state index contributed by atoms with van der Waals surface area (Å²) in [6, 6.07) is 18.4. The van der Waals surface area contributed by atoms with Gasteiger partial charge < -0.3 is 14.4 Å². The summed E-state index contributed by atoms with van der Waals surface area (Å²) in [5, 5.41) is 0.518. The monoisotopic (exact) mass is 561 g/mol. The second-order valence-corrected chi connectivity index (χ2v) is 11.5. The van der Waals surface area contributed by atoms with Crippen LogP contribution in [0, 0.1) is 0 Å². The number of carbonyl (C=O) groups excluding carboxylic acids is 1. The number of hydrogen-bond acceptors (Lipinski definition) is 6. The first-order valence-electron chi connectivity index (χ1n) is 11.7. The summed E-state index contributed by atoms with van der Waals surface area (Å²) >= 11 is 12.4. The molecule has 0 radical (unpaired) electrons. The molecular weight excluding hydrogens is 537 g/mol. The highest BCUT2D eigenvalue weighted by Gasteiger charge is 2.31. The maximum atomic E-state index is 13.6. The Labute approximate surface area is 225 Å². The maximum Gasteiger partial charge on any atom is 0.264 e. The number of hydrogen-bond donors (Lipinski definition) is 0. The number of fused-ring (bicyclic) bond motifs is 1. The quantitative estimate of drug-likeness (QED) is 0.428. The van der Waals surface area contributed by atoms with Crippen molar-refractivity contribution in [1.29, 1.82) is 0 Å². The fourth-order valence-electron chi connectivity index (χ4n) is 4.38. The fraction of sp³-hybridized carbons (Fsp3) is 0.269. The van der Waals surface area contributed by atoms with Gasteiger partial charge in [-0.1, -0.05) is 47.5 Å². The average Bonchev–Trinajstić information content (AvgIpc) is 3.36. The summed E-state index contributed by atoms with van der Waals surface area (Å²) in [6.07, 6.45) is 0. The van der Waals surface area contributed by atoms with E-state index >= 15 is 0 Å². The van der Waals surface area contributed by atoms with E-state index in [9.17, 15) is 13.2 Å². The second kappa shape index (κ2) is 10.8. The average molecular weight is 562 g/mol. The van der Waals surface area contributed by atoms with E-state index in [0.717, 1.165) is 21.4 Å². The minimum absolute atomic E-state index is 0.0716. The van der Waals surface area contributed by atoms with Gasteiger partial charge in [0.05, 0.1) is 15.6 Å². The van der Waals surface area contributed by atoms with Crippen molar-refractivity contribution in [3.05, 3.63) is 82.3 Å². The number of halogens is 2. The number of ether oxygens (including phenoxy) is 2. The highest BCUT2D eigenvalue weighted by Crippen LogP contribution is 2.34. The summed E-state index contributed by atoms with van der Waals surface area (Å²) in [4.78, 5) is 17.3. The van der Waals surface area contributed by atoms with Gasteiger partial charge in [0.25, 0.3) is 10.0 Å². The molecule has 0 saturated carbocycles. The second-order valence-electron chi connectivity index (χ2n) is 8.77. The Hall–Kier alpha value is -2.98. The third kappa shape index (κ3) is 5.65. The summed E-state index contributed by atoms with van der Waals surface area (Å²) in [6.45, 7) is 2.86. The number of amides is 1. The molecule has 0 unspecified atom stereocenters. The van der Waals surface area contributed by atoms with Crippen LogP contribution in [0.15, 0.2) is 71.6 Å². The van der Waals surface area contributed by atoms with Crippen molar-refractivity contribution in [1.82, 2.24) is 9.80 Å². The van der Waals surface area contributed by atoms with E-state index in [-0.39, 0.29) is 34.9 Å². The first-order valence-corrected chi connectivity index (χ1v) is 13.9. The lowest BCUT2D eigenvalue weighted by molar-refractivity contribution is -0.131. The molecular formula is C26H25Cl2N3O5S. The molecule has 2 heterocycles. The Kier molecular flexibility index (Phi) is 7.48. The van der Waals surface area contributed by atoms with Crippen LogP contribution in [0.3, 0.4) is 0 Å². The molecule has 5 rings (SSSR count). The van der Waals surface area contributed by atoms with Crippen LogP contribution in [-0.2, 0) is 21.4 Å². The summed E-state index contributed by atoms with van der Waals surface area (Å²) in [7, 11) is -4.05. The van der Waals surface area contributed by atoms with Crippen LogP contribution in [0.1, 0.15) is 5.56 Å². The van der Waals surface area contributed by atoms with E-state index in [1.54, 1.807) is 29.2 Å². The number of benzene rings is 3. The number of carbonyl (C=O) groups is 1. The number of nitrogens with zero attached hydrogens (tertiary/aromatic N) is 3. The van der Waals surface area contributed by atoms with Crippen LogP contribution >= 0.6 is 23.2 Å². The van der Waals surface area contributed by atoms with Gasteiger partial charge in [-0.15, -0.1) is 0 Å². The molecule has 0 aliphatic carbocycles. The minimum atomic E-state index is -4.05. The van der Waals surface area contributed by atoms with E-state index in [4.69, 9.17) is 32.7 Å². The molecule has 0 N–H and O–H groups in total. The molecule has 3 aromatic rings. The molecule has 1 fully saturated rings. The molecule has 3 aromatic carbocycles. The predicted molar refractivity (Wildman–Crippen MR) is 142 cm³/mol. The molecule has 2 aliphatic rings. The Morgan fingerprint density at radius 2 is 1.62 bits per heavy atom. The van der Waals surface area contributed by atoms with Crippen molar-refractivity contribution < 1.29 is 22.7 Å². The normalized spacial score (nSPS) is 15.6. The van der Waals surface area contributed by atoms with Gasteiger partial charge in [-0.3, -0.25) is 14.0 Å². The fourth-order valence-corrected chi connectivity index (χ4v) is 6.39. The molecule has 0 bridgehead atoms. The zero-order valence-corrected chi connectivity index (χ0v) is 22.2. The van der Waals surface area contributed by atoms with Crippen LogP contribution < -0.4 is 13.8 Å². The Morgan fingerprint density at radius 1 is 0.892 bits per heavy atom. The van der Waals surface area contributed by atoms with Crippen molar-refractivity contribution in [3.63, 3.8) is 0 Å². The van der Waals surface area contributed by atoms with E-state index < -0.39 is 10.0 Å². The van der Waals surface area contributed by atoms with Crippen LogP contribution in [0.4, 0.5) is 5.69 Å². The highest BCUT2D eigenvalue weighted by molar-refractivity contribution is 7.92. The van der Waals surface area contributed by atoms with Gasteiger partial charge in [0.2, 0.25) is 12.7 Å². The van der Waals surface area contributed by atoms with Gasteiger partial charge in [-0.25, -0.2) is 8.42 Å². The van der Waals surface area contributed by atoms with Gasteiger partial charge in [0, 0.05) is 37.7 Å². The van der Waals surface area contributed by atoms with Gasteiger partial charge >= 0.3 is 0 Å². The van der Waals surface area contributed by atoms with Gasteiger partial charge in [-0.2, -0.15) is 0 Å². The molecule has 0 atom stereocenters. The summed E-state index contributed by atoms with van der Waals surface area (Å²) in [5.74, 6) is 1.19. The predicted octanol–water partition coefficient (Wildman–Crippen LogP) is 4.26. The van der Waals surface area contributed by atoms with Crippen LogP contribution in [0.5, 0.6) is 11.5 Å². The first kappa shape index (κ1) is 25.7. The number of piperazine rings is 1. The molecule has 1 amide bonds. The number of rotatable bonds is 7. The third-order valence-electron chi connectivity index (χ3n) is 6.36. The van der Waals surface area contributed by atoms with Gasteiger partial charge in [-0.05, 0) is 48.0 Å². The zero-order valence-electron chi connectivity index (χ0n) is 19.8. The summed E-state index contributed by atoms with van der Waals surface area (Å²) < 4.78 is 39.0. The Bertz CT molecular complexity index is 1400. The lowest BCUT2D eigenvalue weighted by atomic mass is 10.1. The van der Waals surface area contributed by atoms with Gasteiger partial charge in [0.1, 0.15) is 6.54 Å². The Balaban J connectivity index is 1.28. The molecule has 194 valence electrons. The van der Waals surface area contributed by atoms with Crippen molar-refractivity contribution >= 4 is 44.8 Å². The molecule has 11 heteroatoms. The number of sulfonamides is 1. The standard InChI is InChI=1S/C26H25Cl2N3O5S/c27-20-7-8-23(22(28)15-20)31(37(33,34)21-4-2-1-3-5-21)17-26(32)30-12-10-29(11-13-30)16-19-6-9-24-25(14-19)36-18-35-24/h1-9,14-15H,10-13,16-18H2. The lowest BCUT2D eigenvalue weighted by Crippen LogP contribution is -2.51. The number of anilines is 1. The molecule has 2 aliphatic heterocycles. The highest BCUT2D eigenvalue weighted by atomic mass is 35.5. The maximum absolute atomic E-state index is 13.6. The third-order valence-corrected chi connectivity index (χ3v) is 8.67. The van der Waals surface area contributed by atoms with E-state index in [1.165, 1.54) is 24.3 Å². The van der Waals surface area contributed by atoms with E-state index in [1.807, 2.05) is 18.2 Å². The smallest absolute Gasteiger partial charge is 0.264 e. The van der Waals surface area contributed by atoms with Crippen LogP contribution in [0.25, 0.3) is 0 Å². The lowest BCUT2D eigenvalue weighted by Gasteiger charge is -2.36. The van der Waals surface area contributed by atoms with E-state index in [2.05, 4.69) is 4.90 Å². The van der Waals surface area contributed by atoms with Crippen molar-refractivity contribution in [3.8, 4) is 11.5 Å². The minimum Gasteiger partial charge on any atom is -0.454 e. The molecule has 1 saturated heterocycles. The summed E-state index contributed by atoms with van der Waals surface area (Å²) in [5.41, 5.74) is 1.30. The van der Waals surface area contributed by atoms with Gasteiger partial charge in [0.15, 0.2) is 11.5 Å². The first-order chi connectivity index (χ1) is 17.8. The SMILES string of the molecule is O=C(CN(c1ccc(Cl)cc1Cl)S(=O)(=O)c1ccccc1)N1CCN(Cc2ccc3c(c2)OCO3)CC1. The van der Waals surface area contributed by atoms with E-state index in [0.29, 0.717) is 37.7 Å². The topological polar surface area (TPSA) is 79.4 Å². The molecule has 8 nitrogen and oxygen atoms in total. The molecule has 0 spiro atoms. The van der Waals surface area contributed by atoms with Crippen LogP contribution in [-0.4, -0.2) is 63.6 Å². The van der Waals surface area contributed by atoms with Crippen LogP contribution in [0.2, 0.25) is 10.0 Å². The molecule has 0 aromatic heterocycles. The van der Waals surface area contributed by atoms with Crippen molar-refractivity contribution in [2.45, 2.75) is 11.4 Å². The zero-order chi connectivity index (χ0) is 26.0. The largest absolute Gasteiger partial charge is 0.454 e. The Morgan fingerprint density at radius 3 is 2.35 bits per heavy atom. The molecule has 37 heavy (non-hydrogen) atoms.